The molecule has 0 spiro atoms. The van der Waals surface area contributed by atoms with Crippen molar-refractivity contribution in [3.05, 3.63) is 70.3 Å². The number of ether oxygens (including phenoxy) is 1. The Labute approximate surface area is 137 Å². The number of fused-ring (bicyclic) bond motifs is 1. The van der Waals surface area contributed by atoms with Crippen LogP contribution in [0.3, 0.4) is 0 Å². The number of nitrogens with one attached hydrogen (secondary N) is 1. The highest BCUT2D eigenvalue weighted by molar-refractivity contribution is 6.05. The number of rotatable bonds is 3. The highest BCUT2D eigenvalue weighted by atomic mass is 19.1. The molecule has 0 aliphatic carbocycles. The Kier molecular flexibility index (Phi) is 4.04. The predicted molar refractivity (Wildman–Crippen MR) is 90.1 cm³/mol. The molecule has 3 rings (SSSR count). The summed E-state index contributed by atoms with van der Waals surface area (Å²) in [6.45, 7) is 0. The van der Waals surface area contributed by atoms with Crippen molar-refractivity contribution in [2.24, 2.45) is 7.05 Å². The number of carbonyl (C=O) groups excluding carboxylic acids is 1. The Morgan fingerprint density at radius 1 is 1.21 bits per heavy atom. The summed E-state index contributed by atoms with van der Waals surface area (Å²) in [7, 11) is 3.11. The molecule has 122 valence electrons. The number of aryl methyl sites for hydroxylation is 1. The molecule has 2 aromatic carbocycles. The van der Waals surface area contributed by atoms with E-state index in [2.05, 4.69) is 5.32 Å². The van der Waals surface area contributed by atoms with Gasteiger partial charge in [-0.2, -0.15) is 0 Å². The van der Waals surface area contributed by atoms with Crippen molar-refractivity contribution in [3.63, 3.8) is 0 Å². The summed E-state index contributed by atoms with van der Waals surface area (Å²) >= 11 is 0. The number of hydrogen-bond donors (Lipinski definition) is 1. The number of benzene rings is 2. The molecule has 6 heteroatoms. The minimum atomic E-state index is -0.560. The van der Waals surface area contributed by atoms with Gasteiger partial charge in [-0.15, -0.1) is 0 Å². The quantitative estimate of drug-likeness (QED) is 0.805. The normalized spacial score (nSPS) is 10.6. The first-order valence-corrected chi connectivity index (χ1v) is 7.24. The highest BCUT2D eigenvalue weighted by Crippen LogP contribution is 2.18. The van der Waals surface area contributed by atoms with Crippen molar-refractivity contribution >= 4 is 22.5 Å². The van der Waals surface area contributed by atoms with Gasteiger partial charge in [0, 0.05) is 30.4 Å². The van der Waals surface area contributed by atoms with Gasteiger partial charge in [0.2, 0.25) is 5.43 Å². The average Bonchev–Trinajstić information content (AvgIpc) is 2.58. The lowest BCUT2D eigenvalue weighted by atomic mass is 10.1. The van der Waals surface area contributed by atoms with Gasteiger partial charge in [0.25, 0.3) is 5.91 Å². The van der Waals surface area contributed by atoms with E-state index in [0.29, 0.717) is 11.4 Å². The van der Waals surface area contributed by atoms with Gasteiger partial charge in [0.15, 0.2) is 0 Å². The maximum absolute atomic E-state index is 13.9. The first kappa shape index (κ1) is 15.7. The zero-order valence-corrected chi connectivity index (χ0v) is 13.2. The number of para-hydroxylation sites is 1. The molecule has 0 saturated carbocycles. The minimum Gasteiger partial charge on any atom is -0.497 e. The zero-order chi connectivity index (χ0) is 17.3. The van der Waals surface area contributed by atoms with E-state index in [1.165, 1.54) is 36.1 Å². The van der Waals surface area contributed by atoms with Gasteiger partial charge in [-0.1, -0.05) is 12.1 Å². The van der Waals surface area contributed by atoms with E-state index in [1.807, 2.05) is 0 Å². The molecular formula is C18H15FN2O3. The van der Waals surface area contributed by atoms with E-state index < -0.39 is 17.2 Å². The van der Waals surface area contributed by atoms with Crippen LogP contribution in [0.15, 0.2) is 53.5 Å². The lowest BCUT2D eigenvalue weighted by Crippen LogP contribution is -2.23. The van der Waals surface area contributed by atoms with Crippen LogP contribution in [0.4, 0.5) is 10.1 Å². The van der Waals surface area contributed by atoms with E-state index in [4.69, 9.17) is 4.74 Å². The van der Waals surface area contributed by atoms with Gasteiger partial charge in [-0.3, -0.25) is 9.59 Å². The number of carbonyl (C=O) groups is 1. The van der Waals surface area contributed by atoms with Gasteiger partial charge < -0.3 is 14.6 Å². The van der Waals surface area contributed by atoms with Gasteiger partial charge in [0.1, 0.15) is 17.1 Å². The summed E-state index contributed by atoms with van der Waals surface area (Å²) in [6, 6.07) is 11.0. The van der Waals surface area contributed by atoms with Gasteiger partial charge in [-0.25, -0.2) is 4.39 Å². The molecule has 5 nitrogen and oxygen atoms in total. The molecule has 0 radical (unpaired) electrons. The standard InChI is InChI=1S/C18H15FN2O3/c1-21-10-14(17(22)13-7-4-8-15(19)16(13)21)18(23)20-11-5-3-6-12(9-11)24-2/h3-10H,1-2H3,(H,20,23). The van der Waals surface area contributed by atoms with Crippen LogP contribution in [0.1, 0.15) is 10.4 Å². The molecule has 0 atom stereocenters. The third kappa shape index (κ3) is 2.74. The number of hydrogen-bond acceptors (Lipinski definition) is 3. The minimum absolute atomic E-state index is 0.0570. The molecule has 0 unspecified atom stereocenters. The summed E-state index contributed by atoms with van der Waals surface area (Å²) in [5.41, 5.74) is 0.0996. The summed E-state index contributed by atoms with van der Waals surface area (Å²) in [5.74, 6) is -0.483. The van der Waals surface area contributed by atoms with E-state index in [9.17, 15) is 14.0 Å². The SMILES string of the molecule is COc1cccc(NC(=O)c2cn(C)c3c(F)cccc3c2=O)c1. The number of halogens is 1. The van der Waals surface area contributed by atoms with Crippen molar-refractivity contribution in [3.8, 4) is 5.75 Å². The van der Waals surface area contributed by atoms with Crippen LogP contribution in [0.5, 0.6) is 5.75 Å². The van der Waals surface area contributed by atoms with Crippen molar-refractivity contribution in [1.82, 2.24) is 4.57 Å². The van der Waals surface area contributed by atoms with Crippen molar-refractivity contribution < 1.29 is 13.9 Å². The zero-order valence-electron chi connectivity index (χ0n) is 13.2. The maximum atomic E-state index is 13.9. The maximum Gasteiger partial charge on any atom is 0.261 e. The lowest BCUT2D eigenvalue weighted by Gasteiger charge is -2.10. The molecule has 0 fully saturated rings. The predicted octanol–water partition coefficient (Wildman–Crippen LogP) is 2.94. The fraction of sp³-hybridized carbons (Fsp3) is 0.111. The third-order valence-corrected chi connectivity index (χ3v) is 3.72. The second-order valence-electron chi connectivity index (χ2n) is 5.30. The molecule has 0 aliphatic heterocycles. The number of aromatic nitrogens is 1. The van der Waals surface area contributed by atoms with Crippen LogP contribution in [-0.4, -0.2) is 17.6 Å². The van der Waals surface area contributed by atoms with E-state index in [1.54, 1.807) is 31.3 Å². The third-order valence-electron chi connectivity index (χ3n) is 3.72. The monoisotopic (exact) mass is 326 g/mol. The molecule has 1 amide bonds. The Morgan fingerprint density at radius 2 is 1.96 bits per heavy atom. The second-order valence-corrected chi connectivity index (χ2v) is 5.30. The molecule has 3 aromatic rings. The van der Waals surface area contributed by atoms with E-state index >= 15 is 0 Å². The number of pyridine rings is 1. The van der Waals surface area contributed by atoms with Crippen LogP contribution < -0.4 is 15.5 Å². The van der Waals surface area contributed by atoms with E-state index in [-0.39, 0.29) is 16.5 Å². The summed E-state index contributed by atoms with van der Waals surface area (Å²) < 4.78 is 20.4. The molecule has 24 heavy (non-hydrogen) atoms. The van der Waals surface area contributed by atoms with Crippen molar-refractivity contribution in [2.75, 3.05) is 12.4 Å². The van der Waals surface area contributed by atoms with Crippen LogP contribution in [0, 0.1) is 5.82 Å². The largest absolute Gasteiger partial charge is 0.497 e. The first-order valence-electron chi connectivity index (χ1n) is 7.24. The Balaban J connectivity index is 2.04. The molecule has 1 aromatic heterocycles. The fourth-order valence-corrected chi connectivity index (χ4v) is 2.58. The Hall–Kier alpha value is -3.15. The topological polar surface area (TPSA) is 60.3 Å². The molecule has 0 saturated heterocycles. The second kappa shape index (κ2) is 6.16. The molecule has 0 aliphatic rings. The summed E-state index contributed by atoms with van der Waals surface area (Å²) in [4.78, 5) is 25.0. The van der Waals surface area contributed by atoms with Gasteiger partial charge in [-0.05, 0) is 24.3 Å². The van der Waals surface area contributed by atoms with Gasteiger partial charge in [0.05, 0.1) is 12.6 Å². The molecule has 0 bridgehead atoms. The Bertz CT molecular complexity index is 995. The smallest absolute Gasteiger partial charge is 0.261 e. The number of amides is 1. The van der Waals surface area contributed by atoms with Gasteiger partial charge >= 0.3 is 0 Å². The van der Waals surface area contributed by atoms with Crippen LogP contribution in [0.25, 0.3) is 10.9 Å². The highest BCUT2D eigenvalue weighted by Gasteiger charge is 2.16. The molecule has 1 N–H and O–H groups in total. The number of anilines is 1. The lowest BCUT2D eigenvalue weighted by molar-refractivity contribution is 0.102. The first-order chi connectivity index (χ1) is 11.5. The summed E-state index contributed by atoms with van der Waals surface area (Å²) in [5, 5.41) is 2.82. The van der Waals surface area contributed by atoms with Crippen LogP contribution in [-0.2, 0) is 7.05 Å². The van der Waals surface area contributed by atoms with Crippen LogP contribution in [0.2, 0.25) is 0 Å². The van der Waals surface area contributed by atoms with Crippen molar-refractivity contribution in [2.45, 2.75) is 0 Å². The Morgan fingerprint density at radius 3 is 2.71 bits per heavy atom. The molecule has 1 heterocycles. The van der Waals surface area contributed by atoms with Crippen LogP contribution >= 0.6 is 0 Å². The van der Waals surface area contributed by atoms with E-state index in [0.717, 1.165) is 0 Å². The number of methoxy groups -OCH3 is 1. The average molecular weight is 326 g/mol. The molecular weight excluding hydrogens is 311 g/mol. The fourth-order valence-electron chi connectivity index (χ4n) is 2.58. The number of nitrogens with zero attached hydrogens (tertiary/aromatic N) is 1. The van der Waals surface area contributed by atoms with Crippen molar-refractivity contribution in [1.29, 1.82) is 0 Å². The summed E-state index contributed by atoms with van der Waals surface area (Å²) in [6.07, 6.45) is 1.34.